The van der Waals surface area contributed by atoms with Gasteiger partial charge in [0.25, 0.3) is 0 Å². The van der Waals surface area contributed by atoms with Gasteiger partial charge in [-0.2, -0.15) is 0 Å². The van der Waals surface area contributed by atoms with Gasteiger partial charge in [0, 0.05) is 12.5 Å². The number of nitrogens with zero attached hydrogens (tertiary/aromatic N) is 2. The van der Waals surface area contributed by atoms with Gasteiger partial charge in [0.15, 0.2) is 0 Å². The molecule has 5 nitrogen and oxygen atoms in total. The molecule has 1 atom stereocenters. The van der Waals surface area contributed by atoms with E-state index in [0.717, 1.165) is 11.1 Å². The molecular formula is C13H15N3O2S. The molecule has 1 aromatic heterocycles. The minimum Gasteiger partial charge on any atom is -0.396 e. The second-order valence-corrected chi connectivity index (χ2v) is 5.13. The molecule has 0 saturated heterocycles. The highest BCUT2D eigenvalue weighted by atomic mass is 32.1. The van der Waals surface area contributed by atoms with Crippen LogP contribution in [0.5, 0.6) is 0 Å². The van der Waals surface area contributed by atoms with Crippen molar-refractivity contribution in [3.05, 3.63) is 40.9 Å². The summed E-state index contributed by atoms with van der Waals surface area (Å²) >= 11 is 1.29. The average molecular weight is 277 g/mol. The first-order valence-corrected chi connectivity index (χ1v) is 6.82. The molecule has 0 spiro atoms. The van der Waals surface area contributed by atoms with Gasteiger partial charge in [-0.05, 0) is 11.1 Å². The number of aliphatic hydroxyl groups is 1. The average Bonchev–Trinajstić information content (AvgIpc) is 2.91. The van der Waals surface area contributed by atoms with Gasteiger partial charge in [-0.15, -0.1) is 10.2 Å². The molecule has 0 aliphatic carbocycles. The molecule has 6 heteroatoms. The van der Waals surface area contributed by atoms with Crippen LogP contribution in [-0.2, 0) is 11.2 Å². The van der Waals surface area contributed by atoms with Crippen LogP contribution in [0.4, 0.5) is 5.13 Å². The van der Waals surface area contributed by atoms with Crippen molar-refractivity contribution in [1.82, 2.24) is 10.2 Å². The molecule has 2 N–H and O–H groups in total. The van der Waals surface area contributed by atoms with Crippen LogP contribution in [0.3, 0.4) is 0 Å². The van der Waals surface area contributed by atoms with E-state index in [1.54, 1.807) is 5.51 Å². The number of benzene rings is 1. The Hall–Kier alpha value is -1.79. The van der Waals surface area contributed by atoms with Gasteiger partial charge in [0.2, 0.25) is 11.0 Å². The number of hydrogen-bond acceptors (Lipinski definition) is 5. The van der Waals surface area contributed by atoms with Gasteiger partial charge >= 0.3 is 0 Å². The Bertz CT molecular complexity index is 525. The summed E-state index contributed by atoms with van der Waals surface area (Å²) in [5.41, 5.74) is 3.56. The van der Waals surface area contributed by atoms with Gasteiger partial charge in [-0.25, -0.2) is 0 Å². The number of carbonyl (C=O) groups is 1. The minimum atomic E-state index is -0.111. The van der Waals surface area contributed by atoms with Crippen LogP contribution in [0.25, 0.3) is 0 Å². The van der Waals surface area contributed by atoms with Crippen LogP contribution < -0.4 is 5.32 Å². The van der Waals surface area contributed by atoms with Crippen molar-refractivity contribution in [3.63, 3.8) is 0 Å². The number of nitrogens with one attached hydrogen (secondary N) is 1. The standard InChI is InChI=1S/C13H15N3O2S/c1-9(7-17)11-4-2-10(3-5-11)6-12(18)15-13-16-14-8-19-13/h2-5,8-9,17H,6-7H2,1H3,(H,15,16,18). The number of amides is 1. The Balaban J connectivity index is 1.94. The third-order valence-electron chi connectivity index (χ3n) is 2.79. The van der Waals surface area contributed by atoms with E-state index in [0.29, 0.717) is 11.6 Å². The fraction of sp³-hybridized carbons (Fsp3) is 0.308. The summed E-state index contributed by atoms with van der Waals surface area (Å²) in [7, 11) is 0. The summed E-state index contributed by atoms with van der Waals surface area (Å²) in [5.74, 6) is 0.00368. The highest BCUT2D eigenvalue weighted by molar-refractivity contribution is 7.13. The zero-order chi connectivity index (χ0) is 13.7. The third-order valence-corrected chi connectivity index (χ3v) is 3.40. The lowest BCUT2D eigenvalue weighted by Crippen LogP contribution is -2.14. The molecule has 100 valence electrons. The molecule has 1 unspecified atom stereocenters. The smallest absolute Gasteiger partial charge is 0.230 e. The molecule has 0 radical (unpaired) electrons. The normalized spacial score (nSPS) is 12.1. The Kier molecular flexibility index (Phi) is 4.59. The van der Waals surface area contributed by atoms with Crippen molar-refractivity contribution in [1.29, 1.82) is 0 Å². The highest BCUT2D eigenvalue weighted by Crippen LogP contribution is 2.16. The zero-order valence-electron chi connectivity index (χ0n) is 10.5. The van der Waals surface area contributed by atoms with Crippen molar-refractivity contribution < 1.29 is 9.90 Å². The lowest BCUT2D eigenvalue weighted by atomic mass is 10.00. The van der Waals surface area contributed by atoms with E-state index in [-0.39, 0.29) is 18.4 Å². The molecule has 2 aromatic rings. The lowest BCUT2D eigenvalue weighted by Gasteiger charge is -2.09. The number of carbonyl (C=O) groups excluding carboxylic acids is 1. The first-order valence-electron chi connectivity index (χ1n) is 5.94. The summed E-state index contributed by atoms with van der Waals surface area (Å²) in [5, 5.41) is 19.7. The van der Waals surface area contributed by atoms with Crippen molar-refractivity contribution >= 4 is 22.4 Å². The van der Waals surface area contributed by atoms with E-state index in [4.69, 9.17) is 5.11 Å². The Labute approximate surface area is 115 Å². The maximum atomic E-state index is 11.7. The van der Waals surface area contributed by atoms with E-state index < -0.39 is 0 Å². The third kappa shape index (κ3) is 3.84. The van der Waals surface area contributed by atoms with Crippen molar-refractivity contribution in [2.75, 3.05) is 11.9 Å². The van der Waals surface area contributed by atoms with Crippen LogP contribution in [0.1, 0.15) is 24.0 Å². The topological polar surface area (TPSA) is 75.1 Å². The predicted molar refractivity (Wildman–Crippen MR) is 74.2 cm³/mol. The van der Waals surface area contributed by atoms with E-state index in [1.165, 1.54) is 11.3 Å². The van der Waals surface area contributed by atoms with Crippen molar-refractivity contribution in [2.45, 2.75) is 19.3 Å². The zero-order valence-corrected chi connectivity index (χ0v) is 11.4. The van der Waals surface area contributed by atoms with Crippen LogP contribution in [0, 0.1) is 0 Å². The Morgan fingerprint density at radius 2 is 2.16 bits per heavy atom. The summed E-state index contributed by atoms with van der Waals surface area (Å²) in [6.45, 7) is 2.08. The number of aromatic nitrogens is 2. The van der Waals surface area contributed by atoms with Crippen molar-refractivity contribution in [3.8, 4) is 0 Å². The molecule has 1 amide bonds. The summed E-state index contributed by atoms with van der Waals surface area (Å²) in [4.78, 5) is 11.7. The molecule has 0 aliphatic rings. The fourth-order valence-corrected chi connectivity index (χ4v) is 2.11. The molecule has 0 bridgehead atoms. The highest BCUT2D eigenvalue weighted by Gasteiger charge is 2.07. The SMILES string of the molecule is CC(CO)c1ccc(CC(=O)Nc2nncs2)cc1. The Morgan fingerprint density at radius 3 is 2.74 bits per heavy atom. The molecule has 0 aliphatic heterocycles. The van der Waals surface area contributed by atoms with E-state index in [2.05, 4.69) is 15.5 Å². The van der Waals surface area contributed by atoms with Crippen LogP contribution in [0.2, 0.25) is 0 Å². The fourth-order valence-electron chi connectivity index (χ4n) is 1.65. The Morgan fingerprint density at radius 1 is 1.42 bits per heavy atom. The van der Waals surface area contributed by atoms with Crippen molar-refractivity contribution in [2.24, 2.45) is 0 Å². The maximum absolute atomic E-state index is 11.7. The summed E-state index contributed by atoms with van der Waals surface area (Å²) in [6.07, 6.45) is 0.299. The van der Waals surface area contributed by atoms with Gasteiger partial charge in [-0.3, -0.25) is 4.79 Å². The van der Waals surface area contributed by atoms with Gasteiger partial charge < -0.3 is 10.4 Å². The van der Waals surface area contributed by atoms with E-state index in [1.807, 2.05) is 31.2 Å². The van der Waals surface area contributed by atoms with Crippen LogP contribution in [0.15, 0.2) is 29.8 Å². The first kappa shape index (κ1) is 13.6. The maximum Gasteiger partial charge on any atom is 0.230 e. The van der Waals surface area contributed by atoms with Crippen LogP contribution in [-0.4, -0.2) is 27.8 Å². The van der Waals surface area contributed by atoms with Crippen LogP contribution >= 0.6 is 11.3 Å². The lowest BCUT2D eigenvalue weighted by molar-refractivity contribution is -0.115. The van der Waals surface area contributed by atoms with Gasteiger partial charge in [0.05, 0.1) is 6.42 Å². The monoisotopic (exact) mass is 277 g/mol. The second kappa shape index (κ2) is 6.40. The number of rotatable bonds is 5. The molecule has 1 heterocycles. The second-order valence-electron chi connectivity index (χ2n) is 4.29. The van der Waals surface area contributed by atoms with Gasteiger partial charge in [-0.1, -0.05) is 42.5 Å². The quantitative estimate of drug-likeness (QED) is 0.874. The molecule has 0 fully saturated rings. The summed E-state index contributed by atoms with van der Waals surface area (Å²) < 4.78 is 0. The van der Waals surface area contributed by atoms with Gasteiger partial charge in [0.1, 0.15) is 5.51 Å². The summed E-state index contributed by atoms with van der Waals surface area (Å²) in [6, 6.07) is 7.69. The van der Waals surface area contributed by atoms with E-state index in [9.17, 15) is 4.79 Å². The first-order chi connectivity index (χ1) is 9.19. The molecule has 19 heavy (non-hydrogen) atoms. The molecular weight excluding hydrogens is 262 g/mol. The number of anilines is 1. The van der Waals surface area contributed by atoms with E-state index >= 15 is 0 Å². The number of aliphatic hydroxyl groups excluding tert-OH is 1. The largest absolute Gasteiger partial charge is 0.396 e. The molecule has 0 saturated carbocycles. The predicted octanol–water partition coefficient (Wildman–Crippen LogP) is 1.82. The molecule has 1 aromatic carbocycles. The minimum absolute atomic E-state index is 0.111. The molecule has 2 rings (SSSR count). The number of hydrogen-bond donors (Lipinski definition) is 2.